The van der Waals surface area contributed by atoms with Gasteiger partial charge in [0.25, 0.3) is 5.91 Å². The second kappa shape index (κ2) is 11.9. The molecule has 1 aliphatic heterocycles. The van der Waals surface area contributed by atoms with E-state index in [0.717, 1.165) is 43.2 Å². The van der Waals surface area contributed by atoms with Crippen LogP contribution in [-0.4, -0.2) is 41.5 Å². The molecule has 0 bridgehead atoms. The number of amides is 3. The number of carbonyl (C=O) groups is 2. The largest absolute Gasteiger partial charge is 0.416 e. The van der Waals surface area contributed by atoms with E-state index >= 15 is 0 Å². The fraction of sp³-hybridized carbons (Fsp3) is 0.500. The molecule has 1 aliphatic carbocycles. The third-order valence-electron chi connectivity index (χ3n) is 6.76. The maximum absolute atomic E-state index is 13.2. The summed E-state index contributed by atoms with van der Waals surface area (Å²) in [6.07, 6.45) is 5.01. The van der Waals surface area contributed by atoms with Crippen LogP contribution in [0.15, 0.2) is 41.3 Å². The number of hydrogen-bond acceptors (Lipinski definition) is 4. The van der Waals surface area contributed by atoms with Gasteiger partial charge in [-0.3, -0.25) is 4.79 Å². The molecule has 2 aliphatic rings. The Morgan fingerprint density at radius 3 is 2.61 bits per heavy atom. The van der Waals surface area contributed by atoms with Crippen LogP contribution >= 0.6 is 11.3 Å². The van der Waals surface area contributed by atoms with Crippen molar-refractivity contribution in [3.05, 3.63) is 63.1 Å². The van der Waals surface area contributed by atoms with E-state index < -0.39 is 17.6 Å². The Bertz CT molecular complexity index is 1090. The van der Waals surface area contributed by atoms with Crippen LogP contribution < -0.4 is 10.6 Å². The molecular formula is C26H31F3N4O2S. The molecule has 0 spiro atoms. The molecule has 2 aromatic rings. The van der Waals surface area contributed by atoms with Crippen LogP contribution in [0.5, 0.6) is 0 Å². The predicted molar refractivity (Wildman–Crippen MR) is 133 cm³/mol. The lowest BCUT2D eigenvalue weighted by atomic mass is 9.97. The number of aromatic nitrogens is 1. The molecule has 0 atom stereocenters. The maximum Gasteiger partial charge on any atom is 0.416 e. The highest BCUT2D eigenvalue weighted by Crippen LogP contribution is 2.32. The third-order valence-corrected chi connectivity index (χ3v) is 7.76. The van der Waals surface area contributed by atoms with E-state index in [2.05, 4.69) is 21.7 Å². The molecule has 194 valence electrons. The van der Waals surface area contributed by atoms with Crippen molar-refractivity contribution in [2.75, 3.05) is 19.6 Å². The third kappa shape index (κ3) is 6.87. The first kappa shape index (κ1) is 26.2. The van der Waals surface area contributed by atoms with Gasteiger partial charge in [-0.2, -0.15) is 13.2 Å². The van der Waals surface area contributed by atoms with Crippen molar-refractivity contribution < 1.29 is 22.8 Å². The molecule has 0 radical (unpaired) electrons. The molecule has 0 unspecified atom stereocenters. The minimum absolute atomic E-state index is 0.00918. The Kier molecular flexibility index (Phi) is 8.66. The number of piperidine rings is 1. The zero-order chi connectivity index (χ0) is 25.5. The lowest BCUT2D eigenvalue weighted by Crippen LogP contribution is -2.44. The summed E-state index contributed by atoms with van der Waals surface area (Å²) < 4.78 is 39.5. The van der Waals surface area contributed by atoms with Crippen molar-refractivity contribution in [2.45, 2.75) is 63.6 Å². The smallest absolute Gasteiger partial charge is 0.347 e. The van der Waals surface area contributed by atoms with Gasteiger partial charge in [0.15, 0.2) is 0 Å². The van der Waals surface area contributed by atoms with Gasteiger partial charge in [0.2, 0.25) is 0 Å². The number of likely N-dealkylation sites (tertiary alicyclic amines) is 1. The van der Waals surface area contributed by atoms with E-state index in [1.807, 2.05) is 4.90 Å². The molecule has 1 fully saturated rings. The van der Waals surface area contributed by atoms with Crippen LogP contribution in [0.1, 0.15) is 77.5 Å². The van der Waals surface area contributed by atoms with Crippen LogP contribution in [-0.2, 0) is 12.7 Å². The Hall–Kier alpha value is -2.88. The number of rotatable bonds is 7. The minimum Gasteiger partial charge on any atom is -0.347 e. The molecule has 1 aromatic heterocycles. The van der Waals surface area contributed by atoms with Crippen LogP contribution in [0.25, 0.3) is 0 Å². The van der Waals surface area contributed by atoms with Crippen molar-refractivity contribution in [1.82, 2.24) is 20.5 Å². The summed E-state index contributed by atoms with van der Waals surface area (Å²) in [7, 11) is 0. The van der Waals surface area contributed by atoms with E-state index in [1.54, 1.807) is 5.38 Å². The zero-order valence-electron chi connectivity index (χ0n) is 20.1. The number of nitrogens with zero attached hydrogens (tertiary/aromatic N) is 2. The minimum atomic E-state index is -4.48. The van der Waals surface area contributed by atoms with Crippen molar-refractivity contribution in [3.8, 4) is 0 Å². The monoisotopic (exact) mass is 520 g/mol. The number of allylic oxidation sites excluding steroid dienone is 1. The summed E-state index contributed by atoms with van der Waals surface area (Å²) in [6.45, 7) is 1.66. The lowest BCUT2D eigenvalue weighted by molar-refractivity contribution is -0.138. The molecule has 2 N–H and O–H groups in total. The summed E-state index contributed by atoms with van der Waals surface area (Å²) >= 11 is 1.38. The predicted octanol–water partition coefficient (Wildman–Crippen LogP) is 5.87. The molecule has 1 aromatic carbocycles. The molecule has 10 heteroatoms. The summed E-state index contributed by atoms with van der Waals surface area (Å²) in [6, 6.07) is 5.16. The summed E-state index contributed by atoms with van der Waals surface area (Å²) in [5.74, 6) is -0.349. The molecule has 0 saturated carbocycles. The van der Waals surface area contributed by atoms with Crippen LogP contribution in [0.3, 0.4) is 0 Å². The van der Waals surface area contributed by atoms with Gasteiger partial charge in [-0.05, 0) is 56.6 Å². The summed E-state index contributed by atoms with van der Waals surface area (Å²) in [4.78, 5) is 31.3. The van der Waals surface area contributed by atoms with Gasteiger partial charge in [0, 0.05) is 37.5 Å². The van der Waals surface area contributed by atoms with Gasteiger partial charge < -0.3 is 15.5 Å². The van der Waals surface area contributed by atoms with Crippen molar-refractivity contribution in [3.63, 3.8) is 0 Å². The highest BCUT2D eigenvalue weighted by atomic mass is 32.1. The normalized spacial score (nSPS) is 17.0. The van der Waals surface area contributed by atoms with E-state index in [-0.39, 0.29) is 29.8 Å². The quantitative estimate of drug-likeness (QED) is 0.449. The molecule has 2 heterocycles. The maximum atomic E-state index is 13.2. The first-order valence-electron chi connectivity index (χ1n) is 12.4. The van der Waals surface area contributed by atoms with E-state index in [9.17, 15) is 22.8 Å². The molecular weight excluding hydrogens is 489 g/mol. The highest BCUT2D eigenvalue weighted by molar-refractivity contribution is 7.09. The van der Waals surface area contributed by atoms with Gasteiger partial charge >= 0.3 is 12.2 Å². The van der Waals surface area contributed by atoms with Crippen molar-refractivity contribution in [1.29, 1.82) is 0 Å². The van der Waals surface area contributed by atoms with Crippen molar-refractivity contribution >= 4 is 23.3 Å². The SMILES string of the molecule is O=C(NCc1ccccc1C(F)(F)F)c1csc(C2CCN(C(=O)NCCC3=CCCCC3)CC2)n1. The van der Waals surface area contributed by atoms with Gasteiger partial charge in [-0.15, -0.1) is 11.3 Å². The van der Waals surface area contributed by atoms with Gasteiger partial charge in [-0.1, -0.05) is 29.8 Å². The Morgan fingerprint density at radius 1 is 1.11 bits per heavy atom. The zero-order valence-corrected chi connectivity index (χ0v) is 20.9. The lowest BCUT2D eigenvalue weighted by Gasteiger charge is -2.31. The van der Waals surface area contributed by atoms with Gasteiger partial charge in [-0.25, -0.2) is 9.78 Å². The topological polar surface area (TPSA) is 74.3 Å². The fourth-order valence-corrected chi connectivity index (χ4v) is 5.67. The highest BCUT2D eigenvalue weighted by Gasteiger charge is 2.33. The number of urea groups is 1. The Morgan fingerprint density at radius 2 is 1.89 bits per heavy atom. The number of alkyl halides is 3. The standard InChI is InChI=1S/C26H31F3N4O2S/c27-26(28,29)21-9-5-4-8-20(21)16-31-23(34)22-17-36-24(32-22)19-11-14-33(15-12-19)25(35)30-13-10-18-6-2-1-3-7-18/h4-6,8-9,17,19H,1-3,7,10-16H2,(H,30,35)(H,31,34). The Labute approximate surface area is 213 Å². The number of thiazole rings is 1. The molecule has 4 rings (SSSR count). The number of carbonyl (C=O) groups excluding carboxylic acids is 2. The first-order chi connectivity index (χ1) is 17.3. The number of hydrogen-bond donors (Lipinski definition) is 2. The number of benzene rings is 1. The summed E-state index contributed by atoms with van der Waals surface area (Å²) in [5.41, 5.74) is 0.895. The van der Waals surface area contributed by atoms with Crippen LogP contribution in [0, 0.1) is 0 Å². The Balaban J connectivity index is 1.23. The average molecular weight is 521 g/mol. The molecule has 3 amide bonds. The first-order valence-corrected chi connectivity index (χ1v) is 13.3. The van der Waals surface area contributed by atoms with E-state index in [0.29, 0.717) is 19.6 Å². The second-order valence-corrected chi connectivity index (χ2v) is 10.1. The van der Waals surface area contributed by atoms with E-state index in [4.69, 9.17) is 0 Å². The second-order valence-electron chi connectivity index (χ2n) is 9.26. The van der Waals surface area contributed by atoms with Crippen molar-refractivity contribution in [2.24, 2.45) is 0 Å². The molecule has 6 nitrogen and oxygen atoms in total. The average Bonchev–Trinajstić information content (AvgIpc) is 3.38. The van der Waals surface area contributed by atoms with Gasteiger partial charge in [0.05, 0.1) is 10.6 Å². The summed E-state index contributed by atoms with van der Waals surface area (Å²) in [5, 5.41) is 8.03. The molecule has 36 heavy (non-hydrogen) atoms. The van der Waals surface area contributed by atoms with Gasteiger partial charge in [0.1, 0.15) is 5.69 Å². The van der Waals surface area contributed by atoms with Crippen LogP contribution in [0.4, 0.5) is 18.0 Å². The fourth-order valence-electron chi connectivity index (χ4n) is 4.70. The van der Waals surface area contributed by atoms with E-state index in [1.165, 1.54) is 48.0 Å². The molecule has 1 saturated heterocycles. The van der Waals surface area contributed by atoms with Crippen LogP contribution in [0.2, 0.25) is 0 Å². The number of nitrogens with one attached hydrogen (secondary N) is 2. The number of halogens is 3.